The van der Waals surface area contributed by atoms with E-state index < -0.39 is 12.8 Å². The highest BCUT2D eigenvalue weighted by Crippen LogP contribution is 2.16. The third kappa shape index (κ3) is 7.47. The Hall–Kier alpha value is -2.13. The molecule has 1 aliphatic rings. The number of nitrogens with one attached hydrogen (secondary N) is 1. The molecule has 9 heteroatoms. The molecule has 0 radical (unpaired) electrons. The van der Waals surface area contributed by atoms with E-state index >= 15 is 0 Å². The molecule has 0 aromatic heterocycles. The minimum Gasteiger partial charge on any atom is -0.367 e. The summed E-state index contributed by atoms with van der Waals surface area (Å²) in [6.45, 7) is 4.92. The zero-order valence-electron chi connectivity index (χ0n) is 16.1. The van der Waals surface area contributed by atoms with E-state index in [2.05, 4.69) is 10.1 Å². The molecule has 2 amide bonds. The molecule has 1 aromatic rings. The molecular formula is C19H26F3N3O3. The number of hydrogen-bond donors (Lipinski definition) is 1. The van der Waals surface area contributed by atoms with E-state index in [0.29, 0.717) is 43.9 Å². The van der Waals surface area contributed by atoms with Crippen molar-refractivity contribution >= 4 is 11.8 Å². The Balaban J connectivity index is 1.79. The average Bonchev–Trinajstić information content (AvgIpc) is 2.60. The van der Waals surface area contributed by atoms with Gasteiger partial charge in [0.15, 0.2) is 0 Å². The van der Waals surface area contributed by atoms with Gasteiger partial charge in [0.05, 0.1) is 13.2 Å². The van der Waals surface area contributed by atoms with Crippen LogP contribution in [0, 0.1) is 0 Å². The highest BCUT2D eigenvalue weighted by atomic mass is 19.4. The normalized spacial score (nSPS) is 15.7. The van der Waals surface area contributed by atoms with E-state index in [9.17, 15) is 22.8 Å². The molecule has 0 saturated carbocycles. The van der Waals surface area contributed by atoms with Crippen molar-refractivity contribution in [2.24, 2.45) is 0 Å². The molecule has 28 heavy (non-hydrogen) atoms. The van der Waals surface area contributed by atoms with E-state index in [1.54, 1.807) is 29.2 Å². The van der Waals surface area contributed by atoms with Gasteiger partial charge < -0.3 is 15.0 Å². The maximum absolute atomic E-state index is 12.6. The van der Waals surface area contributed by atoms with Gasteiger partial charge in [-0.05, 0) is 31.5 Å². The molecule has 1 heterocycles. The molecule has 0 atom stereocenters. The van der Waals surface area contributed by atoms with Crippen molar-refractivity contribution in [3.63, 3.8) is 0 Å². The zero-order chi connectivity index (χ0) is 20.7. The van der Waals surface area contributed by atoms with Gasteiger partial charge in [0.2, 0.25) is 5.91 Å². The van der Waals surface area contributed by atoms with Crippen LogP contribution in [0.4, 0.5) is 13.2 Å². The smallest absolute Gasteiger partial charge is 0.367 e. The standard InChI is InChI=1S/C19H26F3N3O3/c1-14(2)23-17(26)11-24-7-9-25(10-8-24)18(27)16-5-3-15(4-6-16)12-28-13-19(20,21)22/h3-6,14H,7-13H2,1-2H3,(H,23,26). The number of carbonyl (C=O) groups excluding carboxylic acids is 2. The quantitative estimate of drug-likeness (QED) is 0.760. The lowest BCUT2D eigenvalue weighted by Crippen LogP contribution is -2.51. The summed E-state index contributed by atoms with van der Waals surface area (Å²) in [5.41, 5.74) is 1.05. The summed E-state index contributed by atoms with van der Waals surface area (Å²) in [5.74, 6) is -0.160. The molecule has 2 rings (SSSR count). The van der Waals surface area contributed by atoms with Gasteiger partial charge in [-0.3, -0.25) is 14.5 Å². The largest absolute Gasteiger partial charge is 0.411 e. The van der Waals surface area contributed by atoms with Gasteiger partial charge in [-0.15, -0.1) is 0 Å². The van der Waals surface area contributed by atoms with Crippen LogP contribution < -0.4 is 5.32 Å². The van der Waals surface area contributed by atoms with Gasteiger partial charge in [-0.25, -0.2) is 0 Å². The van der Waals surface area contributed by atoms with Crippen molar-refractivity contribution in [1.82, 2.24) is 15.1 Å². The molecule has 0 aliphatic carbocycles. The van der Waals surface area contributed by atoms with Crippen LogP contribution in [0.5, 0.6) is 0 Å². The summed E-state index contributed by atoms with van der Waals surface area (Å²) in [7, 11) is 0. The van der Waals surface area contributed by atoms with Gasteiger partial charge in [0.25, 0.3) is 5.91 Å². The first-order valence-electron chi connectivity index (χ1n) is 9.18. The Morgan fingerprint density at radius 1 is 1.11 bits per heavy atom. The molecule has 0 bridgehead atoms. The Morgan fingerprint density at radius 3 is 2.25 bits per heavy atom. The van der Waals surface area contributed by atoms with E-state index in [4.69, 9.17) is 0 Å². The van der Waals surface area contributed by atoms with Crippen molar-refractivity contribution in [3.05, 3.63) is 35.4 Å². The molecule has 1 N–H and O–H groups in total. The second-order valence-electron chi connectivity index (χ2n) is 7.10. The van der Waals surface area contributed by atoms with Crippen LogP contribution in [0.25, 0.3) is 0 Å². The summed E-state index contributed by atoms with van der Waals surface area (Å²) < 4.78 is 40.9. The first-order chi connectivity index (χ1) is 13.1. The van der Waals surface area contributed by atoms with Crippen molar-refractivity contribution in [2.45, 2.75) is 32.7 Å². The fraction of sp³-hybridized carbons (Fsp3) is 0.579. The summed E-state index contributed by atoms with van der Waals surface area (Å²) in [5, 5.41) is 2.84. The molecular weight excluding hydrogens is 375 g/mol. The number of hydrogen-bond acceptors (Lipinski definition) is 4. The van der Waals surface area contributed by atoms with E-state index in [1.165, 1.54) is 0 Å². The summed E-state index contributed by atoms with van der Waals surface area (Å²) in [6, 6.07) is 6.47. The molecule has 1 saturated heterocycles. The molecule has 6 nitrogen and oxygen atoms in total. The topological polar surface area (TPSA) is 61.9 Å². The second-order valence-corrected chi connectivity index (χ2v) is 7.10. The lowest BCUT2D eigenvalue weighted by molar-refractivity contribution is -0.176. The number of piperazine rings is 1. The molecule has 1 aliphatic heterocycles. The van der Waals surface area contributed by atoms with Crippen LogP contribution in [0.2, 0.25) is 0 Å². The number of nitrogens with zero attached hydrogens (tertiary/aromatic N) is 2. The Kier molecular flexibility index (Phi) is 7.82. The van der Waals surface area contributed by atoms with Gasteiger partial charge >= 0.3 is 6.18 Å². The lowest BCUT2D eigenvalue weighted by Gasteiger charge is -2.34. The van der Waals surface area contributed by atoms with Gasteiger partial charge in [-0.2, -0.15) is 13.2 Å². The number of rotatable bonds is 7. The monoisotopic (exact) mass is 401 g/mol. The van der Waals surface area contributed by atoms with Crippen LogP contribution in [0.1, 0.15) is 29.8 Å². The van der Waals surface area contributed by atoms with Crippen molar-refractivity contribution in [2.75, 3.05) is 39.3 Å². The molecule has 1 aromatic carbocycles. The van der Waals surface area contributed by atoms with Crippen LogP contribution in [-0.4, -0.2) is 73.2 Å². The molecule has 0 spiro atoms. The Labute approximate surface area is 162 Å². The predicted molar refractivity (Wildman–Crippen MR) is 97.8 cm³/mol. The number of alkyl halides is 3. The van der Waals surface area contributed by atoms with Crippen molar-refractivity contribution in [1.29, 1.82) is 0 Å². The molecule has 156 valence electrons. The fourth-order valence-electron chi connectivity index (χ4n) is 2.89. The Bertz CT molecular complexity index is 655. The second kappa shape index (κ2) is 9.88. The van der Waals surface area contributed by atoms with E-state index in [1.807, 2.05) is 18.7 Å². The van der Waals surface area contributed by atoms with Crippen molar-refractivity contribution < 1.29 is 27.5 Å². The van der Waals surface area contributed by atoms with Crippen LogP contribution >= 0.6 is 0 Å². The number of halogens is 3. The van der Waals surface area contributed by atoms with Crippen molar-refractivity contribution in [3.8, 4) is 0 Å². The maximum atomic E-state index is 12.6. The molecule has 1 fully saturated rings. The molecule has 0 unspecified atom stereocenters. The minimum absolute atomic E-state index is 0.0295. The third-order valence-electron chi connectivity index (χ3n) is 4.21. The van der Waals surface area contributed by atoms with Crippen LogP contribution in [0.15, 0.2) is 24.3 Å². The van der Waals surface area contributed by atoms with E-state index in [-0.39, 0.29) is 24.5 Å². The third-order valence-corrected chi connectivity index (χ3v) is 4.21. The number of carbonyl (C=O) groups is 2. The number of ether oxygens (including phenoxy) is 1. The SMILES string of the molecule is CC(C)NC(=O)CN1CCN(C(=O)c2ccc(COCC(F)(F)F)cc2)CC1. The highest BCUT2D eigenvalue weighted by molar-refractivity contribution is 5.94. The average molecular weight is 401 g/mol. The number of amides is 2. The van der Waals surface area contributed by atoms with Gasteiger partial charge in [-0.1, -0.05) is 12.1 Å². The van der Waals surface area contributed by atoms with E-state index in [0.717, 1.165) is 0 Å². The maximum Gasteiger partial charge on any atom is 0.411 e. The Morgan fingerprint density at radius 2 is 1.71 bits per heavy atom. The summed E-state index contributed by atoms with van der Waals surface area (Å²) in [4.78, 5) is 28.1. The highest BCUT2D eigenvalue weighted by Gasteiger charge is 2.27. The van der Waals surface area contributed by atoms with Crippen LogP contribution in [-0.2, 0) is 16.1 Å². The van der Waals surface area contributed by atoms with Gasteiger partial charge in [0, 0.05) is 37.8 Å². The number of benzene rings is 1. The zero-order valence-corrected chi connectivity index (χ0v) is 16.1. The minimum atomic E-state index is -4.35. The van der Waals surface area contributed by atoms with Gasteiger partial charge in [0.1, 0.15) is 6.61 Å². The summed E-state index contributed by atoms with van der Waals surface area (Å²) in [6.07, 6.45) is -4.35. The van der Waals surface area contributed by atoms with Crippen LogP contribution in [0.3, 0.4) is 0 Å². The predicted octanol–water partition coefficient (Wildman–Crippen LogP) is 2.05. The fourth-order valence-corrected chi connectivity index (χ4v) is 2.89. The first kappa shape index (κ1) is 22.2. The first-order valence-corrected chi connectivity index (χ1v) is 9.18. The lowest BCUT2D eigenvalue weighted by atomic mass is 10.1. The summed E-state index contributed by atoms with van der Waals surface area (Å²) >= 11 is 0.